The molecule has 0 spiro atoms. The number of sulfonamides is 1. The van der Waals surface area contributed by atoms with E-state index in [9.17, 15) is 17.6 Å². The zero-order chi connectivity index (χ0) is 22.9. The van der Waals surface area contributed by atoms with Gasteiger partial charge in [0, 0.05) is 17.4 Å². The molecule has 0 fully saturated rings. The number of carbonyl (C=O) groups is 1. The summed E-state index contributed by atoms with van der Waals surface area (Å²) < 4.78 is 41.0. The number of nitrogens with zero attached hydrogens (tertiary/aromatic N) is 1. The number of rotatable bonds is 6. The summed E-state index contributed by atoms with van der Waals surface area (Å²) in [5.41, 5.74) is 2.36. The molecule has 0 atom stereocenters. The Labute approximate surface area is 190 Å². The quantitative estimate of drug-likeness (QED) is 0.396. The number of carbonyl (C=O) groups excluding carboxylic acids is 1. The van der Waals surface area contributed by atoms with Crippen molar-refractivity contribution in [1.82, 2.24) is 0 Å². The monoisotopic (exact) mass is 468 g/mol. The van der Waals surface area contributed by atoms with Crippen molar-refractivity contribution in [3.05, 3.63) is 89.1 Å². The zero-order valence-electron chi connectivity index (χ0n) is 17.5. The highest BCUT2D eigenvalue weighted by atomic mass is 32.2. The number of halogens is 1. The van der Waals surface area contributed by atoms with Crippen LogP contribution in [-0.4, -0.2) is 21.4 Å². The minimum Gasteiger partial charge on any atom is -0.321 e. The van der Waals surface area contributed by atoms with E-state index in [-0.39, 0.29) is 10.8 Å². The molecular weight excluding hydrogens is 447 g/mol. The van der Waals surface area contributed by atoms with Crippen LogP contribution in [0.15, 0.2) is 77.7 Å². The molecule has 32 heavy (non-hydrogen) atoms. The molecule has 0 bridgehead atoms. The Hall–Kier alpha value is -3.23. The van der Waals surface area contributed by atoms with E-state index >= 15 is 0 Å². The fourth-order valence-electron chi connectivity index (χ4n) is 3.26. The summed E-state index contributed by atoms with van der Waals surface area (Å²) in [6, 6.07) is 19.3. The number of hydrogen-bond acceptors (Lipinski definition) is 4. The zero-order valence-corrected chi connectivity index (χ0v) is 19.1. The van der Waals surface area contributed by atoms with Gasteiger partial charge in [0.1, 0.15) is 5.82 Å². The van der Waals surface area contributed by atoms with E-state index in [1.54, 1.807) is 24.3 Å². The van der Waals surface area contributed by atoms with Crippen LogP contribution in [0.2, 0.25) is 0 Å². The molecule has 0 unspecified atom stereocenters. The van der Waals surface area contributed by atoms with Gasteiger partial charge in [0.05, 0.1) is 15.5 Å². The molecule has 0 aliphatic carbocycles. The van der Waals surface area contributed by atoms with Crippen LogP contribution in [0.3, 0.4) is 0 Å². The third-order valence-corrected chi connectivity index (χ3v) is 8.09. The van der Waals surface area contributed by atoms with Crippen molar-refractivity contribution in [3.63, 3.8) is 0 Å². The molecule has 1 N–H and O–H groups in total. The number of benzene rings is 3. The summed E-state index contributed by atoms with van der Waals surface area (Å²) in [5.74, 6) is -0.720. The Balaban J connectivity index is 1.58. The van der Waals surface area contributed by atoms with E-state index in [0.717, 1.165) is 38.6 Å². The fraction of sp³-hybridized carbons (Fsp3) is 0.125. The number of amides is 1. The number of anilines is 2. The Morgan fingerprint density at radius 3 is 2.34 bits per heavy atom. The Kier molecular flexibility index (Phi) is 5.99. The molecular formula is C24H21FN2O3S2. The lowest BCUT2D eigenvalue weighted by Gasteiger charge is -2.19. The lowest BCUT2D eigenvalue weighted by atomic mass is 10.1. The fourth-order valence-corrected chi connectivity index (χ4v) is 5.38. The molecule has 4 rings (SSSR count). The second kappa shape index (κ2) is 8.72. The normalized spacial score (nSPS) is 11.5. The molecule has 0 aliphatic rings. The predicted molar refractivity (Wildman–Crippen MR) is 128 cm³/mol. The summed E-state index contributed by atoms with van der Waals surface area (Å²) in [6.45, 7) is 2.07. The van der Waals surface area contributed by atoms with Crippen molar-refractivity contribution >= 4 is 48.7 Å². The van der Waals surface area contributed by atoms with E-state index < -0.39 is 15.8 Å². The maximum atomic E-state index is 13.2. The molecule has 0 saturated heterocycles. The van der Waals surface area contributed by atoms with Crippen molar-refractivity contribution in [2.45, 2.75) is 18.2 Å². The van der Waals surface area contributed by atoms with Gasteiger partial charge in [-0.2, -0.15) is 0 Å². The largest absolute Gasteiger partial charge is 0.321 e. The Morgan fingerprint density at radius 2 is 1.69 bits per heavy atom. The molecule has 1 amide bonds. The Morgan fingerprint density at radius 1 is 1.00 bits per heavy atom. The molecule has 0 aliphatic heterocycles. The average Bonchev–Trinajstić information content (AvgIpc) is 3.23. The summed E-state index contributed by atoms with van der Waals surface area (Å²) >= 11 is 1.34. The highest BCUT2D eigenvalue weighted by Gasteiger charge is 2.22. The number of thiophene rings is 1. The van der Waals surface area contributed by atoms with E-state index in [1.165, 1.54) is 36.1 Å². The van der Waals surface area contributed by atoms with Gasteiger partial charge in [0.25, 0.3) is 15.9 Å². The van der Waals surface area contributed by atoms with E-state index in [4.69, 9.17) is 0 Å². The van der Waals surface area contributed by atoms with Gasteiger partial charge in [0.2, 0.25) is 0 Å². The number of fused-ring (bicyclic) bond motifs is 1. The molecule has 164 valence electrons. The summed E-state index contributed by atoms with van der Waals surface area (Å²) in [5, 5.41) is 3.66. The van der Waals surface area contributed by atoms with Crippen LogP contribution in [0.4, 0.5) is 15.8 Å². The van der Waals surface area contributed by atoms with Crippen LogP contribution >= 0.6 is 11.3 Å². The second-order valence-electron chi connectivity index (χ2n) is 7.26. The van der Waals surface area contributed by atoms with Crippen LogP contribution in [0.5, 0.6) is 0 Å². The van der Waals surface area contributed by atoms with E-state index in [2.05, 4.69) is 12.2 Å². The van der Waals surface area contributed by atoms with Crippen molar-refractivity contribution < 1.29 is 17.6 Å². The van der Waals surface area contributed by atoms with Gasteiger partial charge in [-0.1, -0.05) is 19.1 Å². The highest BCUT2D eigenvalue weighted by molar-refractivity contribution is 7.92. The number of nitrogens with one attached hydrogen (secondary N) is 1. The lowest BCUT2D eigenvalue weighted by Crippen LogP contribution is -2.26. The predicted octanol–water partition coefficient (Wildman–Crippen LogP) is 5.68. The molecule has 3 aromatic carbocycles. The van der Waals surface area contributed by atoms with Gasteiger partial charge < -0.3 is 5.32 Å². The summed E-state index contributed by atoms with van der Waals surface area (Å²) in [6.07, 6.45) is 0.929. The smallest absolute Gasteiger partial charge is 0.265 e. The first-order valence-corrected chi connectivity index (χ1v) is 12.2. The van der Waals surface area contributed by atoms with Gasteiger partial charge in [-0.05, 0) is 78.0 Å². The summed E-state index contributed by atoms with van der Waals surface area (Å²) in [4.78, 5) is 13.2. The topological polar surface area (TPSA) is 66.5 Å². The third-order valence-electron chi connectivity index (χ3n) is 5.18. The van der Waals surface area contributed by atoms with Crippen molar-refractivity contribution in [3.8, 4) is 0 Å². The molecule has 0 radical (unpaired) electrons. The molecule has 1 heterocycles. The van der Waals surface area contributed by atoms with Crippen molar-refractivity contribution in [2.24, 2.45) is 0 Å². The van der Waals surface area contributed by atoms with Crippen LogP contribution in [0.1, 0.15) is 22.2 Å². The maximum Gasteiger partial charge on any atom is 0.265 e. The van der Waals surface area contributed by atoms with Gasteiger partial charge in [-0.3, -0.25) is 9.10 Å². The first kappa shape index (κ1) is 22.0. The van der Waals surface area contributed by atoms with Crippen LogP contribution in [-0.2, 0) is 16.4 Å². The minimum atomic E-state index is -3.84. The standard InChI is InChI=1S/C24H21FN2O3S2/c1-3-16-4-8-19(9-5-16)26-24(28)23-15-17-14-20(10-13-22(17)31-23)27(2)32(29,30)21-11-6-18(25)7-12-21/h4-15H,3H2,1-2H3,(H,26,28). The molecule has 8 heteroatoms. The van der Waals surface area contributed by atoms with Gasteiger partial charge >= 0.3 is 0 Å². The lowest BCUT2D eigenvalue weighted by molar-refractivity contribution is 0.103. The molecule has 5 nitrogen and oxygen atoms in total. The van der Waals surface area contributed by atoms with Gasteiger partial charge in [-0.25, -0.2) is 12.8 Å². The van der Waals surface area contributed by atoms with Gasteiger partial charge in [0.15, 0.2) is 0 Å². The first-order chi connectivity index (χ1) is 15.3. The average molecular weight is 469 g/mol. The van der Waals surface area contributed by atoms with E-state index in [0.29, 0.717) is 10.6 Å². The highest BCUT2D eigenvalue weighted by Crippen LogP contribution is 2.31. The van der Waals surface area contributed by atoms with Crippen LogP contribution in [0, 0.1) is 5.82 Å². The molecule has 4 aromatic rings. The maximum absolute atomic E-state index is 13.2. The molecule has 0 saturated carbocycles. The molecule has 1 aromatic heterocycles. The van der Waals surface area contributed by atoms with Crippen molar-refractivity contribution in [1.29, 1.82) is 0 Å². The summed E-state index contributed by atoms with van der Waals surface area (Å²) in [7, 11) is -2.40. The minimum absolute atomic E-state index is 0.000902. The first-order valence-electron chi connectivity index (χ1n) is 9.96. The van der Waals surface area contributed by atoms with Gasteiger partial charge in [-0.15, -0.1) is 11.3 Å². The Bertz CT molecular complexity index is 1380. The van der Waals surface area contributed by atoms with Crippen LogP contribution in [0.25, 0.3) is 10.1 Å². The number of aryl methyl sites for hydroxylation is 1. The van der Waals surface area contributed by atoms with Crippen LogP contribution < -0.4 is 9.62 Å². The number of hydrogen-bond donors (Lipinski definition) is 1. The SMILES string of the molecule is CCc1ccc(NC(=O)c2cc3cc(N(C)S(=O)(=O)c4ccc(F)cc4)ccc3s2)cc1. The second-order valence-corrected chi connectivity index (χ2v) is 10.3. The third kappa shape index (κ3) is 4.37. The van der Waals surface area contributed by atoms with Crippen molar-refractivity contribution in [2.75, 3.05) is 16.7 Å². The van der Waals surface area contributed by atoms with E-state index in [1.807, 2.05) is 24.3 Å².